The van der Waals surface area contributed by atoms with E-state index < -0.39 is 0 Å². The number of nitrogens with two attached hydrogens (primary N) is 2. The molecule has 0 unspecified atom stereocenters. The Labute approximate surface area is 365 Å². The van der Waals surface area contributed by atoms with Crippen LogP contribution in [0.3, 0.4) is 0 Å². The first-order chi connectivity index (χ1) is 27.0. The summed E-state index contributed by atoms with van der Waals surface area (Å²) >= 11 is 0. The molecule has 1 radical (unpaired) electrons. The first-order valence-corrected chi connectivity index (χ1v) is 20.7. The molecule has 0 aliphatic carbocycles. The second-order valence-corrected chi connectivity index (χ2v) is 15.1. The zero-order valence-corrected chi connectivity index (χ0v) is 37.4. The van der Waals surface area contributed by atoms with E-state index in [-0.39, 0.29) is 125 Å². The van der Waals surface area contributed by atoms with Gasteiger partial charge >= 0.3 is 0 Å². The van der Waals surface area contributed by atoms with E-state index in [9.17, 15) is 28.8 Å². The summed E-state index contributed by atoms with van der Waals surface area (Å²) in [6.45, 7) is 6.67. The number of benzene rings is 1. The largest absolute Gasteiger partial charge is 0.542 e. The summed E-state index contributed by atoms with van der Waals surface area (Å²) in [6.07, 6.45) is 12.9. The van der Waals surface area contributed by atoms with Gasteiger partial charge in [0, 0.05) is 112 Å². The van der Waals surface area contributed by atoms with Crippen molar-refractivity contribution in [3.8, 4) is 0 Å². The molecule has 1 aromatic heterocycles. The maximum atomic E-state index is 13.5. The standard InChI is InChI=1S/C42H69N8O6.Y/c1-4-11-38(52)46-30(2)16-20-40(54)48-34(13-8-10-26-44)18-22-42(56)50-35(28-32-29-45-37-15-6-5-14-36(32)37)19-23-41(55)49-33(12-7-9-25-43)17-21-39(53)47-31(3)24-27-51;/h5-6,14-15,29-31,33-35,45H,4,7-13,16-26,28,43-44H2,1-3H3,(H,46,52)(H,47,53)(H,48,54)(H,49,55)(H,50,56);/q-1;/t30-,31-,33-,34-,35+;/m0./s1. The molecule has 10 N–H and O–H groups in total. The number of carbonyl (C=O) groups is 5. The number of fused-ring (bicyclic) bond motifs is 1. The van der Waals surface area contributed by atoms with E-state index in [2.05, 4.69) is 31.6 Å². The van der Waals surface area contributed by atoms with E-state index in [0.717, 1.165) is 48.6 Å². The Hall–Kier alpha value is -3.20. The van der Waals surface area contributed by atoms with Gasteiger partial charge in [-0.15, -0.1) is 6.42 Å². The van der Waals surface area contributed by atoms with Crippen LogP contribution in [-0.2, 0) is 67.9 Å². The molecular weight excluding hydrogens is 801 g/mol. The van der Waals surface area contributed by atoms with Crippen molar-refractivity contribution in [2.24, 2.45) is 11.5 Å². The topological polar surface area (TPSA) is 230 Å². The Morgan fingerprint density at radius 1 is 0.632 bits per heavy atom. The number of aromatic nitrogens is 1. The van der Waals surface area contributed by atoms with Crippen molar-refractivity contribution in [2.75, 3.05) is 13.1 Å². The smallest absolute Gasteiger partial charge is 0.220 e. The number of para-hydroxylation sites is 1. The molecular formula is C42H69N8O6Y-. The number of carbonyl (C=O) groups excluding carboxylic acids is 6. The van der Waals surface area contributed by atoms with E-state index in [0.29, 0.717) is 64.5 Å². The minimum atomic E-state index is -0.334. The third-order valence-corrected chi connectivity index (χ3v) is 9.90. The van der Waals surface area contributed by atoms with Crippen LogP contribution in [-0.4, -0.2) is 84.1 Å². The molecule has 0 aliphatic rings. The van der Waals surface area contributed by atoms with Crippen molar-refractivity contribution in [3.63, 3.8) is 0 Å². The molecule has 0 spiro atoms. The molecule has 0 fully saturated rings. The number of hydrogen-bond donors (Lipinski definition) is 8. The SMILES string of the molecule is CCCC(=O)N[C@@H](C)CCC(=O)N[C@@H](CCCCN)CCC(=O)N[C@H](CCC(=O)N[C@@H](CCCCN)CCC(=O)N[C@@H](C)C[C-]=O)Cc1c[nH]c2ccccc12.[Y]. The number of rotatable bonds is 31. The summed E-state index contributed by atoms with van der Waals surface area (Å²) in [7, 11) is 0. The average Bonchev–Trinajstić information content (AvgIpc) is 3.56. The summed E-state index contributed by atoms with van der Waals surface area (Å²) in [5.74, 6) is -0.636. The van der Waals surface area contributed by atoms with Crippen LogP contribution in [0.25, 0.3) is 10.9 Å². The van der Waals surface area contributed by atoms with Crippen LogP contribution in [0, 0.1) is 0 Å². The van der Waals surface area contributed by atoms with Gasteiger partial charge in [-0.3, -0.25) is 30.3 Å². The van der Waals surface area contributed by atoms with Crippen molar-refractivity contribution >= 4 is 46.7 Å². The molecule has 2 aromatic rings. The van der Waals surface area contributed by atoms with E-state index in [1.165, 1.54) is 0 Å². The monoisotopic (exact) mass is 870 g/mol. The van der Waals surface area contributed by atoms with E-state index in [1.54, 1.807) is 13.2 Å². The predicted octanol–water partition coefficient (Wildman–Crippen LogP) is 3.85. The molecule has 0 aliphatic heterocycles. The Balaban J connectivity index is 0.0000162. The second kappa shape index (κ2) is 30.8. The molecule has 5 amide bonds. The average molecular weight is 871 g/mol. The third kappa shape index (κ3) is 23.1. The van der Waals surface area contributed by atoms with Gasteiger partial charge in [0.15, 0.2) is 0 Å². The maximum absolute atomic E-state index is 13.5. The predicted molar refractivity (Wildman–Crippen MR) is 221 cm³/mol. The molecule has 5 atom stereocenters. The Kier molecular flexibility index (Phi) is 28.0. The molecule has 0 saturated heterocycles. The number of hydrogen-bond acceptors (Lipinski definition) is 8. The molecule has 57 heavy (non-hydrogen) atoms. The quantitative estimate of drug-likeness (QED) is 0.0409. The molecule has 15 heteroatoms. The van der Waals surface area contributed by atoms with Gasteiger partial charge in [-0.05, 0) is 103 Å². The minimum Gasteiger partial charge on any atom is -0.542 e. The van der Waals surface area contributed by atoms with Gasteiger partial charge in [0.05, 0.1) is 0 Å². The summed E-state index contributed by atoms with van der Waals surface area (Å²) in [4.78, 5) is 78.2. The van der Waals surface area contributed by atoms with Crippen LogP contribution in [0.5, 0.6) is 0 Å². The number of unbranched alkanes of at least 4 members (excludes halogenated alkanes) is 2. The molecule has 0 saturated carbocycles. The number of aromatic amines is 1. The van der Waals surface area contributed by atoms with Crippen molar-refractivity contribution < 1.29 is 61.5 Å². The van der Waals surface area contributed by atoms with Gasteiger partial charge in [-0.1, -0.05) is 38.0 Å². The van der Waals surface area contributed by atoms with E-state index in [4.69, 9.17) is 11.5 Å². The van der Waals surface area contributed by atoms with Crippen LogP contribution in [0.1, 0.15) is 135 Å². The molecule has 1 aromatic carbocycles. The van der Waals surface area contributed by atoms with Gasteiger partial charge in [-0.2, -0.15) is 0 Å². The van der Waals surface area contributed by atoms with Gasteiger partial charge in [0.2, 0.25) is 29.5 Å². The zero-order chi connectivity index (χ0) is 41.1. The second-order valence-electron chi connectivity index (χ2n) is 15.1. The van der Waals surface area contributed by atoms with Crippen molar-refractivity contribution in [1.82, 2.24) is 31.6 Å². The minimum absolute atomic E-state index is 0. The molecule has 14 nitrogen and oxygen atoms in total. The first-order valence-electron chi connectivity index (χ1n) is 20.7. The van der Waals surface area contributed by atoms with Crippen LogP contribution in [0.4, 0.5) is 0 Å². The fourth-order valence-corrected chi connectivity index (χ4v) is 6.77. The maximum Gasteiger partial charge on any atom is 0.220 e. The number of H-pyrrole nitrogens is 1. The Bertz CT molecular complexity index is 1490. The van der Waals surface area contributed by atoms with Crippen LogP contribution in [0.2, 0.25) is 0 Å². The van der Waals surface area contributed by atoms with Crippen LogP contribution < -0.4 is 38.1 Å². The molecule has 317 valence electrons. The fraction of sp³-hybridized carbons (Fsp3) is 0.667. The van der Waals surface area contributed by atoms with Crippen LogP contribution >= 0.6 is 0 Å². The Morgan fingerprint density at radius 2 is 1.11 bits per heavy atom. The first kappa shape index (κ1) is 51.8. The number of nitrogens with one attached hydrogen (secondary N) is 6. The normalized spacial score (nSPS) is 13.6. The van der Waals surface area contributed by atoms with Gasteiger partial charge in [0.1, 0.15) is 0 Å². The Morgan fingerprint density at radius 3 is 1.65 bits per heavy atom. The van der Waals surface area contributed by atoms with E-state index in [1.807, 2.05) is 44.3 Å². The zero-order valence-electron chi connectivity index (χ0n) is 34.6. The molecule has 1 heterocycles. The molecule has 2 rings (SSSR count). The number of amides is 5. The summed E-state index contributed by atoms with van der Waals surface area (Å²) in [5.41, 5.74) is 13.5. The summed E-state index contributed by atoms with van der Waals surface area (Å²) in [5, 5.41) is 16.2. The van der Waals surface area contributed by atoms with Gasteiger partial charge < -0.3 is 47.8 Å². The summed E-state index contributed by atoms with van der Waals surface area (Å²) in [6, 6.07) is 6.77. The summed E-state index contributed by atoms with van der Waals surface area (Å²) < 4.78 is 0. The van der Waals surface area contributed by atoms with E-state index >= 15 is 0 Å². The third-order valence-electron chi connectivity index (χ3n) is 9.90. The van der Waals surface area contributed by atoms with Crippen molar-refractivity contribution in [3.05, 3.63) is 36.0 Å². The van der Waals surface area contributed by atoms with Crippen molar-refractivity contribution in [1.29, 1.82) is 0 Å². The van der Waals surface area contributed by atoms with Gasteiger partial charge in [0.25, 0.3) is 0 Å². The van der Waals surface area contributed by atoms with Crippen LogP contribution in [0.15, 0.2) is 30.5 Å². The fourth-order valence-electron chi connectivity index (χ4n) is 6.77. The van der Waals surface area contributed by atoms with Gasteiger partial charge in [-0.25, -0.2) is 0 Å². The molecule has 0 bridgehead atoms. The van der Waals surface area contributed by atoms with Crippen molar-refractivity contribution in [2.45, 2.75) is 167 Å².